The second kappa shape index (κ2) is 6.54. The van der Waals surface area contributed by atoms with E-state index >= 15 is 0 Å². The van der Waals surface area contributed by atoms with Crippen molar-refractivity contribution in [2.24, 2.45) is 5.92 Å². The van der Waals surface area contributed by atoms with Crippen molar-refractivity contribution in [2.75, 3.05) is 6.61 Å². The molecule has 118 valence electrons. The van der Waals surface area contributed by atoms with Crippen molar-refractivity contribution in [1.29, 1.82) is 0 Å². The van der Waals surface area contributed by atoms with Gasteiger partial charge in [0.05, 0.1) is 19.2 Å². The van der Waals surface area contributed by atoms with Gasteiger partial charge >= 0.3 is 5.97 Å². The molecule has 9 heteroatoms. The van der Waals surface area contributed by atoms with Crippen LogP contribution in [-0.2, 0) is 21.4 Å². The average molecular weight is 317 g/mol. The summed E-state index contributed by atoms with van der Waals surface area (Å²) in [4.78, 5) is 10.5. The van der Waals surface area contributed by atoms with Crippen LogP contribution in [0.2, 0.25) is 0 Å². The van der Waals surface area contributed by atoms with E-state index in [2.05, 4.69) is 9.82 Å². The number of carboxylic acid groups (broad SMARTS) is 1. The Labute approximate surface area is 122 Å². The number of carbonyl (C=O) groups is 1. The molecule has 1 aliphatic carbocycles. The SMILES string of the molecule is O=C(O)CCn1cc(S(=O)(=O)NC2CCCC2CO)cn1. The van der Waals surface area contributed by atoms with E-state index in [1.54, 1.807) is 0 Å². The molecule has 8 nitrogen and oxygen atoms in total. The Bertz CT molecular complexity index is 598. The molecule has 1 heterocycles. The first-order chi connectivity index (χ1) is 9.92. The van der Waals surface area contributed by atoms with Crippen LogP contribution in [0.1, 0.15) is 25.7 Å². The van der Waals surface area contributed by atoms with Crippen molar-refractivity contribution in [1.82, 2.24) is 14.5 Å². The standard InChI is InChI=1S/C12H19N3O5S/c16-8-9-2-1-3-11(9)14-21(19,20)10-6-13-15(7-10)5-4-12(17)18/h6-7,9,11,14,16H,1-5,8H2,(H,17,18). The molecule has 0 bridgehead atoms. The Hall–Kier alpha value is -1.45. The van der Waals surface area contributed by atoms with Gasteiger partial charge in [0.1, 0.15) is 4.90 Å². The van der Waals surface area contributed by atoms with Gasteiger partial charge in [-0.3, -0.25) is 9.48 Å². The number of nitrogens with zero attached hydrogens (tertiary/aromatic N) is 2. The molecular formula is C12H19N3O5S. The van der Waals surface area contributed by atoms with Gasteiger partial charge < -0.3 is 10.2 Å². The third-order valence-electron chi connectivity index (χ3n) is 3.67. The molecular weight excluding hydrogens is 298 g/mol. The number of hydrogen-bond acceptors (Lipinski definition) is 5. The normalized spacial score (nSPS) is 22.5. The van der Waals surface area contributed by atoms with Crippen molar-refractivity contribution < 1.29 is 23.4 Å². The van der Waals surface area contributed by atoms with Crippen LogP contribution >= 0.6 is 0 Å². The number of carboxylic acids is 1. The number of sulfonamides is 1. The lowest BCUT2D eigenvalue weighted by atomic mass is 10.1. The van der Waals surface area contributed by atoms with Gasteiger partial charge in [0, 0.05) is 18.8 Å². The van der Waals surface area contributed by atoms with E-state index in [1.807, 2.05) is 0 Å². The highest BCUT2D eigenvalue weighted by Crippen LogP contribution is 2.26. The second-order valence-electron chi connectivity index (χ2n) is 5.18. The number of rotatable bonds is 7. The summed E-state index contributed by atoms with van der Waals surface area (Å²) in [6.45, 7) is 0.0820. The predicted octanol–water partition coefficient (Wildman–Crippen LogP) is -0.203. The molecule has 3 N–H and O–H groups in total. The molecule has 1 aliphatic rings. The summed E-state index contributed by atoms with van der Waals surface area (Å²) >= 11 is 0. The van der Waals surface area contributed by atoms with Crippen molar-refractivity contribution in [3.63, 3.8) is 0 Å². The fourth-order valence-corrected chi connectivity index (χ4v) is 3.79. The van der Waals surface area contributed by atoms with Crippen LogP contribution in [0.4, 0.5) is 0 Å². The number of hydrogen-bond donors (Lipinski definition) is 3. The van der Waals surface area contributed by atoms with Gasteiger partial charge in [-0.05, 0) is 18.8 Å². The van der Waals surface area contributed by atoms with E-state index in [1.165, 1.54) is 17.1 Å². The zero-order valence-corrected chi connectivity index (χ0v) is 12.3. The molecule has 0 radical (unpaired) electrons. The molecule has 0 spiro atoms. The van der Waals surface area contributed by atoms with Gasteiger partial charge in [-0.1, -0.05) is 6.42 Å². The third-order valence-corrected chi connectivity index (χ3v) is 5.12. The minimum atomic E-state index is -3.70. The minimum absolute atomic E-state index is 0.0106. The molecule has 0 saturated heterocycles. The van der Waals surface area contributed by atoms with Crippen molar-refractivity contribution in [3.8, 4) is 0 Å². The molecule has 1 aromatic heterocycles. The molecule has 2 rings (SSSR count). The second-order valence-corrected chi connectivity index (χ2v) is 6.90. The first-order valence-electron chi connectivity index (χ1n) is 6.80. The van der Waals surface area contributed by atoms with Crippen LogP contribution < -0.4 is 4.72 Å². The minimum Gasteiger partial charge on any atom is -0.481 e. The summed E-state index contributed by atoms with van der Waals surface area (Å²) in [7, 11) is -3.70. The van der Waals surface area contributed by atoms with E-state index in [0.29, 0.717) is 6.42 Å². The number of aliphatic hydroxyl groups excluding tert-OH is 1. The topological polar surface area (TPSA) is 122 Å². The third kappa shape index (κ3) is 4.02. The largest absolute Gasteiger partial charge is 0.481 e. The Morgan fingerprint density at radius 1 is 1.48 bits per heavy atom. The van der Waals surface area contributed by atoms with Crippen LogP contribution in [-0.4, -0.2) is 47.0 Å². The van der Waals surface area contributed by atoms with Crippen LogP contribution in [0.3, 0.4) is 0 Å². The van der Waals surface area contributed by atoms with Crippen LogP contribution in [0.15, 0.2) is 17.3 Å². The Balaban J connectivity index is 2.04. The molecule has 1 aromatic rings. The van der Waals surface area contributed by atoms with Crippen molar-refractivity contribution >= 4 is 16.0 Å². The first kappa shape index (κ1) is 15.9. The summed E-state index contributed by atoms with van der Waals surface area (Å²) in [5.41, 5.74) is 0. The van der Waals surface area contributed by atoms with E-state index < -0.39 is 16.0 Å². The summed E-state index contributed by atoms with van der Waals surface area (Å²) < 4.78 is 28.4. The maximum atomic E-state index is 12.2. The summed E-state index contributed by atoms with van der Waals surface area (Å²) in [6, 6.07) is -0.262. The van der Waals surface area contributed by atoms with Gasteiger partial charge in [0.2, 0.25) is 10.0 Å². The molecule has 0 amide bonds. The Kier molecular flexibility index (Phi) is 4.96. The van der Waals surface area contributed by atoms with Gasteiger partial charge in [-0.15, -0.1) is 0 Å². The maximum absolute atomic E-state index is 12.2. The van der Waals surface area contributed by atoms with E-state index in [0.717, 1.165) is 12.8 Å². The number of aryl methyl sites for hydroxylation is 1. The molecule has 2 atom stereocenters. The zero-order valence-electron chi connectivity index (χ0n) is 11.5. The van der Waals surface area contributed by atoms with Gasteiger partial charge in [-0.2, -0.15) is 5.10 Å². The van der Waals surface area contributed by atoms with Gasteiger partial charge in [0.25, 0.3) is 0 Å². The summed E-state index contributed by atoms with van der Waals surface area (Å²) in [5.74, 6) is -1.02. The fraction of sp³-hybridized carbons (Fsp3) is 0.667. The first-order valence-corrected chi connectivity index (χ1v) is 8.28. The van der Waals surface area contributed by atoms with Crippen molar-refractivity contribution in [3.05, 3.63) is 12.4 Å². The molecule has 2 unspecified atom stereocenters. The smallest absolute Gasteiger partial charge is 0.305 e. The van der Waals surface area contributed by atoms with Crippen LogP contribution in [0.5, 0.6) is 0 Å². The Morgan fingerprint density at radius 3 is 2.90 bits per heavy atom. The molecule has 0 aliphatic heterocycles. The molecule has 21 heavy (non-hydrogen) atoms. The maximum Gasteiger partial charge on any atom is 0.305 e. The van der Waals surface area contributed by atoms with Crippen molar-refractivity contribution in [2.45, 2.75) is 43.2 Å². The van der Waals surface area contributed by atoms with E-state index in [-0.39, 0.29) is 36.4 Å². The monoisotopic (exact) mass is 317 g/mol. The fourth-order valence-electron chi connectivity index (χ4n) is 2.49. The lowest BCUT2D eigenvalue weighted by molar-refractivity contribution is -0.137. The number of aliphatic hydroxyl groups is 1. The highest BCUT2D eigenvalue weighted by atomic mass is 32.2. The summed E-state index contributed by atoms with van der Waals surface area (Å²) in [5, 5.41) is 21.7. The molecule has 0 aromatic carbocycles. The predicted molar refractivity (Wildman–Crippen MR) is 73.0 cm³/mol. The van der Waals surface area contributed by atoms with Crippen LogP contribution in [0.25, 0.3) is 0 Å². The zero-order chi connectivity index (χ0) is 15.5. The quantitative estimate of drug-likeness (QED) is 0.640. The van der Waals surface area contributed by atoms with Crippen LogP contribution in [0, 0.1) is 5.92 Å². The number of aliphatic carboxylic acids is 1. The van der Waals surface area contributed by atoms with Gasteiger partial charge in [-0.25, -0.2) is 13.1 Å². The Morgan fingerprint density at radius 2 is 2.24 bits per heavy atom. The highest BCUT2D eigenvalue weighted by Gasteiger charge is 2.31. The lowest BCUT2D eigenvalue weighted by Gasteiger charge is -2.18. The van der Waals surface area contributed by atoms with Gasteiger partial charge in [0.15, 0.2) is 0 Å². The van der Waals surface area contributed by atoms with E-state index in [9.17, 15) is 18.3 Å². The summed E-state index contributed by atoms with van der Waals surface area (Å²) in [6.07, 6.45) is 4.79. The molecule has 1 saturated carbocycles. The van der Waals surface area contributed by atoms with E-state index in [4.69, 9.17) is 5.11 Å². The highest BCUT2D eigenvalue weighted by molar-refractivity contribution is 7.89. The number of aromatic nitrogens is 2. The average Bonchev–Trinajstić information content (AvgIpc) is 3.04. The lowest BCUT2D eigenvalue weighted by Crippen LogP contribution is -2.38. The number of nitrogens with one attached hydrogen (secondary N) is 1. The molecule has 1 fully saturated rings.